The van der Waals surface area contributed by atoms with Crippen molar-refractivity contribution >= 4 is 23.1 Å². The third-order valence-corrected chi connectivity index (χ3v) is 5.71. The Balaban J connectivity index is 1.54. The van der Waals surface area contributed by atoms with E-state index in [4.69, 9.17) is 8.83 Å². The second kappa shape index (κ2) is 8.18. The number of fused-ring (bicyclic) bond motifs is 1. The summed E-state index contributed by atoms with van der Waals surface area (Å²) < 4.78 is 11.1. The number of benzene rings is 1. The number of carbonyl (C=O) groups is 2. The van der Waals surface area contributed by atoms with Crippen molar-refractivity contribution in [3.8, 4) is 0 Å². The van der Waals surface area contributed by atoms with Crippen molar-refractivity contribution in [1.82, 2.24) is 5.32 Å². The maximum absolute atomic E-state index is 13.1. The van der Waals surface area contributed by atoms with Gasteiger partial charge in [-0.05, 0) is 49.2 Å². The molecule has 1 amide bonds. The maximum Gasteiger partial charge on any atom is 0.239 e. The number of anilines is 2. The number of hydrogen-bond acceptors (Lipinski definition) is 6. The highest BCUT2D eigenvalue weighted by molar-refractivity contribution is 6.01. The minimum atomic E-state index is -0.483. The first-order valence-corrected chi connectivity index (χ1v) is 10.4. The molecular weight excluding hydrogens is 394 g/mol. The molecule has 0 radical (unpaired) electrons. The number of allylic oxidation sites excluding steroid dienone is 1. The average molecular weight is 417 g/mol. The van der Waals surface area contributed by atoms with Gasteiger partial charge >= 0.3 is 0 Å². The molecule has 2 aliphatic rings. The highest BCUT2D eigenvalue weighted by Crippen LogP contribution is 2.44. The smallest absolute Gasteiger partial charge is 0.239 e. The van der Waals surface area contributed by atoms with E-state index in [2.05, 4.69) is 10.6 Å². The molecule has 7 nitrogen and oxygen atoms in total. The summed E-state index contributed by atoms with van der Waals surface area (Å²) in [5, 5.41) is 6.38. The third kappa shape index (κ3) is 3.74. The Bertz CT molecular complexity index is 1120. The molecule has 0 fully saturated rings. The molecule has 1 atom stereocenters. The van der Waals surface area contributed by atoms with Crippen LogP contribution in [0.5, 0.6) is 0 Å². The van der Waals surface area contributed by atoms with E-state index in [-0.39, 0.29) is 18.2 Å². The van der Waals surface area contributed by atoms with Crippen molar-refractivity contribution in [2.45, 2.75) is 31.8 Å². The number of para-hydroxylation sites is 2. The Morgan fingerprint density at radius 1 is 1.06 bits per heavy atom. The molecule has 1 aromatic carbocycles. The van der Waals surface area contributed by atoms with Gasteiger partial charge in [-0.25, -0.2) is 0 Å². The van der Waals surface area contributed by atoms with E-state index in [9.17, 15) is 9.59 Å². The molecule has 0 spiro atoms. The highest BCUT2D eigenvalue weighted by Gasteiger charge is 2.38. The van der Waals surface area contributed by atoms with Crippen molar-refractivity contribution in [3.63, 3.8) is 0 Å². The van der Waals surface area contributed by atoms with Gasteiger partial charge in [-0.15, -0.1) is 0 Å². The van der Waals surface area contributed by atoms with Gasteiger partial charge in [-0.3, -0.25) is 9.59 Å². The molecule has 0 saturated heterocycles. The van der Waals surface area contributed by atoms with E-state index >= 15 is 0 Å². The minimum Gasteiger partial charge on any atom is -0.467 e. The summed E-state index contributed by atoms with van der Waals surface area (Å²) in [6.07, 6.45) is 5.26. The Morgan fingerprint density at radius 2 is 1.90 bits per heavy atom. The monoisotopic (exact) mass is 417 g/mol. The van der Waals surface area contributed by atoms with Gasteiger partial charge in [0.1, 0.15) is 17.6 Å². The molecule has 3 aromatic rings. The molecule has 0 unspecified atom stereocenters. The zero-order valence-electron chi connectivity index (χ0n) is 17.0. The van der Waals surface area contributed by atoms with Gasteiger partial charge in [0.05, 0.1) is 37.0 Å². The normalized spacial score (nSPS) is 18.1. The van der Waals surface area contributed by atoms with Crippen LogP contribution in [0.15, 0.2) is 81.2 Å². The summed E-state index contributed by atoms with van der Waals surface area (Å²) in [7, 11) is 0. The van der Waals surface area contributed by atoms with Gasteiger partial charge in [0.15, 0.2) is 5.78 Å². The van der Waals surface area contributed by atoms with Crippen molar-refractivity contribution in [1.29, 1.82) is 0 Å². The fourth-order valence-electron chi connectivity index (χ4n) is 4.33. The molecule has 0 saturated carbocycles. The molecule has 7 heteroatoms. The van der Waals surface area contributed by atoms with Crippen LogP contribution >= 0.6 is 0 Å². The zero-order chi connectivity index (χ0) is 21.2. The number of nitrogens with zero attached hydrogens (tertiary/aromatic N) is 1. The highest BCUT2D eigenvalue weighted by atomic mass is 16.3. The zero-order valence-corrected chi connectivity index (χ0v) is 17.0. The van der Waals surface area contributed by atoms with Crippen LogP contribution in [-0.4, -0.2) is 18.2 Å². The topological polar surface area (TPSA) is 87.7 Å². The van der Waals surface area contributed by atoms with Crippen molar-refractivity contribution in [2.24, 2.45) is 0 Å². The lowest BCUT2D eigenvalue weighted by Gasteiger charge is -2.33. The Labute approximate surface area is 179 Å². The fraction of sp³-hybridized carbons (Fsp3) is 0.250. The fourth-order valence-corrected chi connectivity index (χ4v) is 4.33. The van der Waals surface area contributed by atoms with Crippen molar-refractivity contribution < 1.29 is 18.4 Å². The van der Waals surface area contributed by atoms with Crippen LogP contribution in [0.3, 0.4) is 0 Å². The van der Waals surface area contributed by atoms with E-state index in [0.717, 1.165) is 29.9 Å². The first-order chi connectivity index (χ1) is 15.2. The van der Waals surface area contributed by atoms with Crippen LogP contribution in [0, 0.1) is 0 Å². The first kappa shape index (κ1) is 19.2. The molecular formula is C24H23N3O4. The molecule has 1 aliphatic heterocycles. The molecule has 5 rings (SSSR count). The second-order valence-corrected chi connectivity index (χ2v) is 7.71. The Morgan fingerprint density at radius 3 is 2.71 bits per heavy atom. The Kier molecular flexibility index (Phi) is 5.08. The number of carbonyl (C=O) groups excluding carboxylic acids is 2. The lowest BCUT2D eigenvalue weighted by Crippen LogP contribution is -2.41. The van der Waals surface area contributed by atoms with Crippen LogP contribution in [0.2, 0.25) is 0 Å². The van der Waals surface area contributed by atoms with Gasteiger partial charge in [-0.2, -0.15) is 0 Å². The summed E-state index contributed by atoms with van der Waals surface area (Å²) in [6.45, 7) is 0.368. The quantitative estimate of drug-likeness (QED) is 0.648. The van der Waals surface area contributed by atoms with E-state index in [1.165, 1.54) is 0 Å². The molecule has 0 bridgehead atoms. The van der Waals surface area contributed by atoms with Crippen molar-refractivity contribution in [2.75, 3.05) is 16.8 Å². The summed E-state index contributed by atoms with van der Waals surface area (Å²) in [5.41, 5.74) is 3.30. The maximum atomic E-state index is 13.1. The lowest BCUT2D eigenvalue weighted by atomic mass is 9.88. The largest absolute Gasteiger partial charge is 0.467 e. The van der Waals surface area contributed by atoms with Crippen LogP contribution in [0.4, 0.5) is 11.4 Å². The van der Waals surface area contributed by atoms with Crippen molar-refractivity contribution in [3.05, 3.63) is 83.8 Å². The summed E-state index contributed by atoms with van der Waals surface area (Å²) in [4.78, 5) is 28.0. The number of amides is 1. The molecule has 31 heavy (non-hydrogen) atoms. The van der Waals surface area contributed by atoms with Crippen LogP contribution in [0.1, 0.15) is 36.8 Å². The lowest BCUT2D eigenvalue weighted by molar-refractivity contribution is -0.120. The number of nitrogens with one attached hydrogen (secondary N) is 2. The number of furan rings is 2. The van der Waals surface area contributed by atoms with E-state index in [0.29, 0.717) is 30.1 Å². The minimum absolute atomic E-state index is 0.0643. The molecule has 3 heterocycles. The van der Waals surface area contributed by atoms with Crippen LogP contribution in [-0.2, 0) is 16.1 Å². The molecule has 2 N–H and O–H groups in total. The number of Topliss-reactive ketones (excluding diaryl/α,β-unsaturated/α-hetero) is 1. The standard InChI is InChI=1S/C24H23N3O4/c28-20-10-3-8-18-23(20)24(21-11-5-13-31-21)27(19-9-2-1-7-17(19)26-18)15-22(29)25-14-16-6-4-12-30-16/h1-2,4-7,9,11-13,24,26H,3,8,10,14-15H2,(H,25,29)/t24-/m1/s1. The number of hydrogen-bond donors (Lipinski definition) is 2. The second-order valence-electron chi connectivity index (χ2n) is 7.71. The SMILES string of the molecule is O=C(CN1c2ccccc2NC2=C(C(=O)CCC2)[C@H]1c1ccco1)NCc1ccco1. The predicted octanol–water partition coefficient (Wildman–Crippen LogP) is 4.17. The number of rotatable bonds is 5. The van der Waals surface area contributed by atoms with Gasteiger partial charge in [0, 0.05) is 17.7 Å². The third-order valence-electron chi connectivity index (χ3n) is 5.71. The van der Waals surface area contributed by atoms with Gasteiger partial charge in [0.25, 0.3) is 0 Å². The number of ketones is 1. The average Bonchev–Trinajstić information content (AvgIpc) is 3.46. The summed E-state index contributed by atoms with van der Waals surface area (Å²) in [6, 6.07) is 14.6. The molecule has 1 aliphatic carbocycles. The predicted molar refractivity (Wildman–Crippen MR) is 115 cm³/mol. The van der Waals surface area contributed by atoms with Gasteiger partial charge in [-0.1, -0.05) is 12.1 Å². The van der Waals surface area contributed by atoms with Crippen LogP contribution < -0.4 is 15.5 Å². The summed E-state index contributed by atoms with van der Waals surface area (Å²) >= 11 is 0. The Hall–Kier alpha value is -3.74. The molecule has 158 valence electrons. The van der Waals surface area contributed by atoms with E-state index in [1.54, 1.807) is 18.6 Å². The van der Waals surface area contributed by atoms with Crippen LogP contribution in [0.25, 0.3) is 0 Å². The molecule has 2 aromatic heterocycles. The van der Waals surface area contributed by atoms with E-state index in [1.807, 2.05) is 47.4 Å². The summed E-state index contributed by atoms with van der Waals surface area (Å²) in [5.74, 6) is 1.24. The van der Waals surface area contributed by atoms with E-state index < -0.39 is 6.04 Å². The van der Waals surface area contributed by atoms with Gasteiger partial charge in [0.2, 0.25) is 5.91 Å². The first-order valence-electron chi connectivity index (χ1n) is 10.4. The van der Waals surface area contributed by atoms with Gasteiger partial charge < -0.3 is 24.4 Å².